The predicted octanol–water partition coefficient (Wildman–Crippen LogP) is 3.50. The van der Waals surface area contributed by atoms with Crippen molar-refractivity contribution in [3.63, 3.8) is 0 Å². The average Bonchev–Trinajstić information content (AvgIpc) is 3.11. The van der Waals surface area contributed by atoms with Gasteiger partial charge in [0.15, 0.2) is 0 Å². The van der Waals surface area contributed by atoms with Gasteiger partial charge in [-0.1, -0.05) is 11.6 Å². The van der Waals surface area contributed by atoms with Crippen LogP contribution in [0.5, 0.6) is 0 Å². The van der Waals surface area contributed by atoms with Crippen LogP contribution in [0.15, 0.2) is 41.3 Å². The molecule has 2 aromatic rings. The van der Waals surface area contributed by atoms with Gasteiger partial charge in [0.25, 0.3) is 5.91 Å². The van der Waals surface area contributed by atoms with E-state index >= 15 is 0 Å². The van der Waals surface area contributed by atoms with E-state index in [1.54, 1.807) is 23.1 Å². The third-order valence-electron chi connectivity index (χ3n) is 5.03. The number of benzene rings is 2. The summed E-state index contributed by atoms with van der Waals surface area (Å²) >= 11 is 7.32. The monoisotopic (exact) mass is 460 g/mol. The van der Waals surface area contributed by atoms with Crippen molar-refractivity contribution >= 4 is 58.3 Å². The maximum atomic E-state index is 12.3. The van der Waals surface area contributed by atoms with Gasteiger partial charge in [0.05, 0.1) is 23.5 Å². The van der Waals surface area contributed by atoms with Gasteiger partial charge in [-0.15, -0.1) is 11.8 Å². The van der Waals surface area contributed by atoms with Gasteiger partial charge in [-0.05, 0) is 49.2 Å². The number of carbonyl (C=O) groups is 3. The number of hydrogen-bond donors (Lipinski definition) is 3. The van der Waals surface area contributed by atoms with Gasteiger partial charge in [0.1, 0.15) is 6.10 Å². The summed E-state index contributed by atoms with van der Waals surface area (Å²) in [6, 6.07) is 10.3. The minimum absolute atomic E-state index is 0.0565. The molecule has 0 bridgehead atoms. The van der Waals surface area contributed by atoms with E-state index < -0.39 is 6.09 Å². The van der Waals surface area contributed by atoms with Crippen molar-refractivity contribution in [2.75, 3.05) is 34.8 Å². The Morgan fingerprint density at radius 1 is 1.29 bits per heavy atom. The minimum Gasteiger partial charge on any atom is -0.444 e. The first-order valence-corrected chi connectivity index (χ1v) is 11.1. The number of rotatable bonds is 6. The summed E-state index contributed by atoms with van der Waals surface area (Å²) in [7, 11) is 0. The van der Waals surface area contributed by atoms with Crippen molar-refractivity contribution in [2.45, 2.75) is 23.8 Å². The van der Waals surface area contributed by atoms with Gasteiger partial charge in [0.2, 0.25) is 5.91 Å². The van der Waals surface area contributed by atoms with Crippen LogP contribution in [0.3, 0.4) is 0 Å². The van der Waals surface area contributed by atoms with Gasteiger partial charge >= 0.3 is 6.09 Å². The fourth-order valence-corrected chi connectivity index (χ4v) is 4.46. The summed E-state index contributed by atoms with van der Waals surface area (Å²) in [5, 5.41) is 6.12. The number of cyclic esters (lactones) is 1. The number of anilines is 3. The molecule has 10 heteroatoms. The molecule has 0 aromatic heterocycles. The van der Waals surface area contributed by atoms with E-state index in [0.717, 1.165) is 4.90 Å². The topological polar surface area (TPSA) is 114 Å². The second-order valence-electron chi connectivity index (χ2n) is 7.26. The molecule has 1 atom stereocenters. The van der Waals surface area contributed by atoms with Crippen molar-refractivity contribution in [1.29, 1.82) is 0 Å². The molecule has 162 valence electrons. The molecule has 2 aliphatic rings. The second kappa shape index (κ2) is 9.07. The first-order chi connectivity index (χ1) is 14.9. The Bertz CT molecular complexity index is 1050. The van der Waals surface area contributed by atoms with Gasteiger partial charge in [-0.3, -0.25) is 14.5 Å². The molecule has 0 spiro atoms. The number of ether oxygens (including phenoxy) is 1. The van der Waals surface area contributed by atoms with Crippen LogP contribution in [0.4, 0.5) is 21.9 Å². The first kappa shape index (κ1) is 21.3. The SMILES string of the molecule is Nc1cc(Cl)ccc1C(=O)NCCC[C@@H]1CN(c2ccc3c(c2)NC(=O)CS3)C(=O)O1. The molecule has 2 aliphatic heterocycles. The Morgan fingerprint density at radius 2 is 2.13 bits per heavy atom. The van der Waals surface area contributed by atoms with E-state index in [2.05, 4.69) is 10.6 Å². The van der Waals surface area contributed by atoms with Crippen molar-refractivity contribution < 1.29 is 19.1 Å². The fourth-order valence-electron chi connectivity index (χ4n) is 3.49. The highest BCUT2D eigenvalue weighted by Gasteiger charge is 2.32. The van der Waals surface area contributed by atoms with E-state index in [1.807, 2.05) is 12.1 Å². The van der Waals surface area contributed by atoms with Crippen molar-refractivity contribution in [3.8, 4) is 0 Å². The molecular weight excluding hydrogens is 440 g/mol. The Balaban J connectivity index is 1.28. The van der Waals surface area contributed by atoms with E-state index in [4.69, 9.17) is 22.1 Å². The zero-order valence-corrected chi connectivity index (χ0v) is 18.1. The largest absolute Gasteiger partial charge is 0.444 e. The van der Waals surface area contributed by atoms with Crippen LogP contribution < -0.4 is 21.3 Å². The summed E-state index contributed by atoms with van der Waals surface area (Å²) in [6.07, 6.45) is 0.556. The standard InChI is InChI=1S/C21H21ClN4O4S/c22-12-3-5-15(16(23)8-12)20(28)24-7-1-2-14-10-26(21(29)30-14)13-4-6-18-17(9-13)25-19(27)11-31-18/h3-6,8-9,14H,1-2,7,10-11,23H2,(H,24,28)(H,25,27)/t14-/m1/s1. The zero-order valence-electron chi connectivity index (χ0n) is 16.5. The summed E-state index contributed by atoms with van der Waals surface area (Å²) in [5.41, 5.74) is 7.92. The third kappa shape index (κ3) is 4.88. The number of nitrogens with zero attached hydrogens (tertiary/aromatic N) is 1. The van der Waals surface area contributed by atoms with E-state index in [9.17, 15) is 14.4 Å². The van der Waals surface area contributed by atoms with Crippen molar-refractivity contribution in [2.24, 2.45) is 0 Å². The fraction of sp³-hybridized carbons (Fsp3) is 0.286. The Morgan fingerprint density at radius 3 is 2.94 bits per heavy atom. The Labute approximate surface area is 188 Å². The quantitative estimate of drug-likeness (QED) is 0.449. The van der Waals surface area contributed by atoms with E-state index in [1.165, 1.54) is 17.8 Å². The number of fused-ring (bicyclic) bond motifs is 1. The molecule has 1 saturated heterocycles. The number of carbonyl (C=O) groups excluding carboxylic acids is 3. The molecule has 0 aliphatic carbocycles. The molecule has 1 fully saturated rings. The van der Waals surface area contributed by atoms with Crippen LogP contribution in [0.2, 0.25) is 5.02 Å². The highest BCUT2D eigenvalue weighted by atomic mass is 35.5. The lowest BCUT2D eigenvalue weighted by Crippen LogP contribution is -2.27. The van der Waals surface area contributed by atoms with Crippen LogP contribution in [0, 0.1) is 0 Å². The van der Waals surface area contributed by atoms with Gasteiger partial charge in [0, 0.05) is 27.8 Å². The smallest absolute Gasteiger partial charge is 0.414 e. The highest BCUT2D eigenvalue weighted by molar-refractivity contribution is 8.00. The molecule has 3 amide bonds. The summed E-state index contributed by atoms with van der Waals surface area (Å²) in [6.45, 7) is 0.841. The van der Waals surface area contributed by atoms with Gasteiger partial charge in [-0.2, -0.15) is 0 Å². The van der Waals surface area contributed by atoms with Crippen molar-refractivity contribution in [1.82, 2.24) is 5.32 Å². The summed E-state index contributed by atoms with van der Waals surface area (Å²) in [5.74, 6) is 0.0635. The number of nitrogens with two attached hydrogens (primary N) is 1. The summed E-state index contributed by atoms with van der Waals surface area (Å²) in [4.78, 5) is 38.7. The van der Waals surface area contributed by atoms with Crippen molar-refractivity contribution in [3.05, 3.63) is 47.0 Å². The molecule has 4 N–H and O–H groups in total. The van der Waals surface area contributed by atoms with Crippen LogP contribution in [-0.4, -0.2) is 42.9 Å². The summed E-state index contributed by atoms with van der Waals surface area (Å²) < 4.78 is 5.46. The molecule has 8 nitrogen and oxygen atoms in total. The predicted molar refractivity (Wildman–Crippen MR) is 121 cm³/mol. The molecule has 4 rings (SSSR count). The number of nitrogen functional groups attached to an aromatic ring is 1. The molecule has 31 heavy (non-hydrogen) atoms. The van der Waals surface area contributed by atoms with Gasteiger partial charge < -0.3 is 21.1 Å². The molecule has 0 saturated carbocycles. The average molecular weight is 461 g/mol. The normalized spacial score (nSPS) is 17.7. The zero-order chi connectivity index (χ0) is 22.0. The lowest BCUT2D eigenvalue weighted by molar-refractivity contribution is -0.113. The Kier molecular flexibility index (Phi) is 6.24. The molecule has 2 aromatic carbocycles. The maximum Gasteiger partial charge on any atom is 0.414 e. The first-order valence-electron chi connectivity index (χ1n) is 9.79. The Hall–Kier alpha value is -2.91. The lowest BCUT2D eigenvalue weighted by atomic mass is 10.1. The number of amides is 3. The highest BCUT2D eigenvalue weighted by Crippen LogP contribution is 2.35. The van der Waals surface area contributed by atoms with Crippen LogP contribution in [0.1, 0.15) is 23.2 Å². The van der Waals surface area contributed by atoms with E-state index in [0.29, 0.717) is 59.3 Å². The third-order valence-corrected chi connectivity index (χ3v) is 6.34. The van der Waals surface area contributed by atoms with Crippen LogP contribution in [-0.2, 0) is 9.53 Å². The number of halogens is 1. The number of thioether (sulfide) groups is 1. The minimum atomic E-state index is -0.419. The molecular formula is C21H21ClN4O4S. The van der Waals surface area contributed by atoms with Crippen LogP contribution in [0.25, 0.3) is 0 Å². The number of nitrogens with one attached hydrogen (secondary N) is 2. The molecule has 0 radical (unpaired) electrons. The molecule has 2 heterocycles. The second-order valence-corrected chi connectivity index (χ2v) is 8.72. The molecule has 0 unspecified atom stereocenters. The number of hydrogen-bond acceptors (Lipinski definition) is 6. The van der Waals surface area contributed by atoms with Gasteiger partial charge in [-0.25, -0.2) is 4.79 Å². The lowest BCUT2D eigenvalue weighted by Gasteiger charge is -2.20. The maximum absolute atomic E-state index is 12.3. The van der Waals surface area contributed by atoms with E-state index in [-0.39, 0.29) is 17.9 Å². The van der Waals surface area contributed by atoms with Crippen LogP contribution >= 0.6 is 23.4 Å².